The van der Waals surface area contributed by atoms with Crippen molar-refractivity contribution in [2.75, 3.05) is 7.05 Å². The third-order valence-corrected chi connectivity index (χ3v) is 6.99. The van der Waals surface area contributed by atoms with Gasteiger partial charge in [-0.3, -0.25) is 4.79 Å². The second-order valence-electron chi connectivity index (χ2n) is 4.90. The summed E-state index contributed by atoms with van der Waals surface area (Å²) in [5, 5.41) is 0. The van der Waals surface area contributed by atoms with Gasteiger partial charge < -0.3 is 4.90 Å². The van der Waals surface area contributed by atoms with E-state index >= 15 is 0 Å². The van der Waals surface area contributed by atoms with Crippen LogP contribution in [-0.2, 0) is 6.42 Å². The molecule has 0 unspecified atom stereocenters. The molecular formula is C15H13Br2NOS. The van der Waals surface area contributed by atoms with E-state index < -0.39 is 0 Å². The monoisotopic (exact) mass is 413 g/mol. The predicted molar refractivity (Wildman–Crippen MR) is 89.3 cm³/mol. The maximum atomic E-state index is 12.6. The van der Waals surface area contributed by atoms with Crippen molar-refractivity contribution in [1.29, 1.82) is 0 Å². The van der Waals surface area contributed by atoms with Gasteiger partial charge in [-0.1, -0.05) is 24.3 Å². The van der Waals surface area contributed by atoms with Gasteiger partial charge in [-0.25, -0.2) is 0 Å². The molecule has 2 aromatic rings. The number of benzene rings is 1. The zero-order chi connectivity index (χ0) is 14.3. The molecular weight excluding hydrogens is 402 g/mol. The highest BCUT2D eigenvalue weighted by Gasteiger charge is 2.29. The molecule has 1 heterocycles. The molecule has 20 heavy (non-hydrogen) atoms. The zero-order valence-corrected chi connectivity index (χ0v) is 14.9. The smallest absolute Gasteiger partial charge is 0.264 e. The molecule has 1 aliphatic rings. The molecule has 0 aliphatic heterocycles. The summed E-state index contributed by atoms with van der Waals surface area (Å²) in [4.78, 5) is 15.2. The minimum Gasteiger partial charge on any atom is -0.334 e. The normalized spacial score (nSPS) is 17.1. The number of hydrogen-bond donors (Lipinski definition) is 0. The Bertz CT molecular complexity index is 648. The summed E-state index contributed by atoms with van der Waals surface area (Å²) >= 11 is 8.35. The van der Waals surface area contributed by atoms with Gasteiger partial charge in [0.05, 0.1) is 14.7 Å². The van der Waals surface area contributed by atoms with E-state index in [2.05, 4.69) is 50.1 Å². The molecule has 0 spiro atoms. The van der Waals surface area contributed by atoms with Crippen LogP contribution in [0.3, 0.4) is 0 Å². The first kappa shape index (κ1) is 14.3. The van der Waals surface area contributed by atoms with Gasteiger partial charge in [-0.15, -0.1) is 11.3 Å². The van der Waals surface area contributed by atoms with Crippen LogP contribution in [-0.4, -0.2) is 17.9 Å². The molecule has 1 atom stereocenters. The number of nitrogens with zero attached hydrogens (tertiary/aromatic N) is 1. The third-order valence-electron chi connectivity index (χ3n) is 3.74. The number of thiophene rings is 1. The van der Waals surface area contributed by atoms with Crippen molar-refractivity contribution in [3.05, 3.63) is 54.6 Å². The fourth-order valence-corrected chi connectivity index (χ4v) is 4.72. The standard InChI is InChI=1S/C15H13Br2NOS/c1-18(15(19)13-8-11(16)14(17)20-13)12-7-6-9-4-2-3-5-10(9)12/h2-5,8,12H,6-7H2,1H3/t12-/m1/s1. The highest BCUT2D eigenvalue weighted by molar-refractivity contribution is 9.13. The summed E-state index contributed by atoms with van der Waals surface area (Å²) in [5.74, 6) is 0.0862. The van der Waals surface area contributed by atoms with E-state index in [1.807, 2.05) is 24.1 Å². The second-order valence-corrected chi connectivity index (χ2v) is 8.13. The fraction of sp³-hybridized carbons (Fsp3) is 0.267. The van der Waals surface area contributed by atoms with E-state index in [1.54, 1.807) is 0 Å². The number of hydrogen-bond acceptors (Lipinski definition) is 2. The van der Waals surface area contributed by atoms with Crippen LogP contribution in [0.4, 0.5) is 0 Å². The molecule has 0 N–H and O–H groups in total. The van der Waals surface area contributed by atoms with Crippen LogP contribution in [0.5, 0.6) is 0 Å². The van der Waals surface area contributed by atoms with Crippen LogP contribution in [0.25, 0.3) is 0 Å². The number of carbonyl (C=O) groups is 1. The average molecular weight is 415 g/mol. The van der Waals surface area contributed by atoms with Crippen LogP contribution in [0.2, 0.25) is 0 Å². The molecule has 1 aromatic carbocycles. The van der Waals surface area contributed by atoms with Gasteiger partial charge in [0, 0.05) is 11.5 Å². The topological polar surface area (TPSA) is 20.3 Å². The number of rotatable bonds is 2. The molecule has 0 saturated heterocycles. The molecule has 104 valence electrons. The maximum Gasteiger partial charge on any atom is 0.264 e. The Balaban J connectivity index is 1.87. The maximum absolute atomic E-state index is 12.6. The van der Waals surface area contributed by atoms with Crippen molar-refractivity contribution in [3.8, 4) is 0 Å². The Labute approximate surface area is 139 Å². The Hall–Kier alpha value is -0.650. The van der Waals surface area contributed by atoms with Crippen LogP contribution >= 0.6 is 43.2 Å². The van der Waals surface area contributed by atoms with Crippen molar-refractivity contribution < 1.29 is 4.79 Å². The highest BCUT2D eigenvalue weighted by Crippen LogP contribution is 2.38. The first-order valence-corrected chi connectivity index (χ1v) is 8.78. The molecule has 1 amide bonds. The van der Waals surface area contributed by atoms with Gasteiger partial charge in [0.25, 0.3) is 5.91 Å². The van der Waals surface area contributed by atoms with Gasteiger partial charge in [-0.2, -0.15) is 0 Å². The van der Waals surface area contributed by atoms with E-state index in [1.165, 1.54) is 22.5 Å². The molecule has 0 bridgehead atoms. The lowest BCUT2D eigenvalue weighted by molar-refractivity contribution is 0.0735. The molecule has 5 heteroatoms. The summed E-state index contributed by atoms with van der Waals surface area (Å²) in [5.41, 5.74) is 2.66. The van der Waals surface area contributed by atoms with Gasteiger partial charge in [0.15, 0.2) is 0 Å². The molecule has 2 nitrogen and oxygen atoms in total. The minimum absolute atomic E-state index is 0.0862. The van der Waals surface area contributed by atoms with E-state index in [-0.39, 0.29) is 11.9 Å². The SMILES string of the molecule is CN(C(=O)c1cc(Br)c(Br)s1)[C@@H]1CCc2ccccc21. The Morgan fingerprint density at radius 1 is 1.35 bits per heavy atom. The lowest BCUT2D eigenvalue weighted by atomic mass is 10.1. The molecule has 3 rings (SSSR count). The molecule has 0 fully saturated rings. The third kappa shape index (κ3) is 2.47. The fourth-order valence-electron chi connectivity index (χ4n) is 2.70. The average Bonchev–Trinajstić information content (AvgIpc) is 3.02. The van der Waals surface area contributed by atoms with Crippen molar-refractivity contribution >= 4 is 49.1 Å². The highest BCUT2D eigenvalue weighted by atomic mass is 79.9. The minimum atomic E-state index is 0.0862. The zero-order valence-electron chi connectivity index (χ0n) is 10.9. The van der Waals surface area contributed by atoms with E-state index in [4.69, 9.17) is 0 Å². The molecule has 1 aliphatic carbocycles. The number of carbonyl (C=O) groups excluding carboxylic acids is 1. The largest absolute Gasteiger partial charge is 0.334 e. The quantitative estimate of drug-likeness (QED) is 0.674. The van der Waals surface area contributed by atoms with Crippen molar-refractivity contribution in [1.82, 2.24) is 4.90 Å². The van der Waals surface area contributed by atoms with Crippen molar-refractivity contribution in [2.45, 2.75) is 18.9 Å². The van der Waals surface area contributed by atoms with Crippen LogP contribution in [0.15, 0.2) is 38.6 Å². The first-order valence-electron chi connectivity index (χ1n) is 6.37. The number of aryl methyl sites for hydroxylation is 1. The lowest BCUT2D eigenvalue weighted by Gasteiger charge is -2.25. The summed E-state index contributed by atoms with van der Waals surface area (Å²) < 4.78 is 1.90. The lowest BCUT2D eigenvalue weighted by Crippen LogP contribution is -2.29. The van der Waals surface area contributed by atoms with Gasteiger partial charge in [0.1, 0.15) is 0 Å². The van der Waals surface area contributed by atoms with E-state index in [0.29, 0.717) is 0 Å². The summed E-state index contributed by atoms with van der Waals surface area (Å²) in [7, 11) is 1.90. The first-order chi connectivity index (χ1) is 9.58. The summed E-state index contributed by atoms with van der Waals surface area (Å²) in [6.45, 7) is 0. The summed E-state index contributed by atoms with van der Waals surface area (Å²) in [6.07, 6.45) is 2.06. The molecule has 1 aromatic heterocycles. The Kier molecular flexibility index (Phi) is 4.02. The van der Waals surface area contributed by atoms with E-state index in [9.17, 15) is 4.79 Å². The predicted octanol–water partition coefficient (Wildman–Crippen LogP) is 5.03. The van der Waals surface area contributed by atoms with Crippen LogP contribution in [0.1, 0.15) is 33.3 Å². The van der Waals surface area contributed by atoms with Crippen molar-refractivity contribution in [3.63, 3.8) is 0 Å². The van der Waals surface area contributed by atoms with Gasteiger partial charge in [0.2, 0.25) is 0 Å². The summed E-state index contributed by atoms with van der Waals surface area (Å²) in [6, 6.07) is 10.5. The number of amides is 1. The van der Waals surface area contributed by atoms with Crippen LogP contribution < -0.4 is 0 Å². The molecule has 0 radical (unpaired) electrons. The van der Waals surface area contributed by atoms with Crippen molar-refractivity contribution in [2.24, 2.45) is 0 Å². The Morgan fingerprint density at radius 2 is 2.10 bits per heavy atom. The van der Waals surface area contributed by atoms with Gasteiger partial charge >= 0.3 is 0 Å². The van der Waals surface area contributed by atoms with E-state index in [0.717, 1.165) is 26.0 Å². The Morgan fingerprint density at radius 3 is 2.80 bits per heavy atom. The van der Waals surface area contributed by atoms with Crippen LogP contribution in [0, 0.1) is 0 Å². The molecule has 0 saturated carbocycles. The number of halogens is 2. The second kappa shape index (κ2) is 5.62. The van der Waals surface area contributed by atoms with Gasteiger partial charge in [-0.05, 0) is 61.9 Å². The number of fused-ring (bicyclic) bond motifs is 1.